The highest BCUT2D eigenvalue weighted by Crippen LogP contribution is 2.04. The Morgan fingerprint density at radius 1 is 1.36 bits per heavy atom. The van der Waals surface area contributed by atoms with Crippen LogP contribution in [-0.4, -0.2) is 37.5 Å². The number of ether oxygens (including phenoxy) is 1. The molecule has 1 aromatic heterocycles. The lowest BCUT2D eigenvalue weighted by atomic mass is 10.4. The van der Waals surface area contributed by atoms with Crippen LogP contribution in [0.25, 0.3) is 0 Å². The summed E-state index contributed by atoms with van der Waals surface area (Å²) in [6.07, 6.45) is 1.75. The second-order valence-corrected chi connectivity index (χ2v) is 3.26. The van der Waals surface area contributed by atoms with Gasteiger partial charge in [-0.25, -0.2) is 0 Å². The molecule has 76 valence electrons. The molecular weight excluding hydrogens is 180 g/mol. The summed E-state index contributed by atoms with van der Waals surface area (Å²) in [7, 11) is 0. The number of hydrazone groups is 1. The van der Waals surface area contributed by atoms with Crippen LogP contribution < -0.4 is 0 Å². The van der Waals surface area contributed by atoms with Gasteiger partial charge in [0.1, 0.15) is 11.5 Å². The van der Waals surface area contributed by atoms with E-state index in [1.807, 2.05) is 24.1 Å². The topological polar surface area (TPSA) is 38.0 Å². The van der Waals surface area contributed by atoms with Crippen molar-refractivity contribution < 1.29 is 9.15 Å². The maximum atomic E-state index is 5.37. The average Bonchev–Trinajstić information content (AvgIpc) is 2.63. The van der Waals surface area contributed by atoms with Crippen LogP contribution in [0, 0.1) is 6.92 Å². The van der Waals surface area contributed by atoms with Crippen molar-refractivity contribution in [1.29, 1.82) is 0 Å². The molecule has 0 bridgehead atoms. The second kappa shape index (κ2) is 4.28. The number of aryl methyl sites for hydroxylation is 1. The van der Waals surface area contributed by atoms with Crippen LogP contribution in [0.3, 0.4) is 0 Å². The van der Waals surface area contributed by atoms with Crippen LogP contribution in [0.2, 0.25) is 0 Å². The maximum Gasteiger partial charge on any atom is 0.147 e. The van der Waals surface area contributed by atoms with E-state index in [-0.39, 0.29) is 0 Å². The van der Waals surface area contributed by atoms with Gasteiger partial charge in [-0.15, -0.1) is 0 Å². The summed E-state index contributed by atoms with van der Waals surface area (Å²) in [4.78, 5) is 0. The minimum atomic E-state index is 0.758. The maximum absolute atomic E-state index is 5.37. The molecule has 0 radical (unpaired) electrons. The largest absolute Gasteiger partial charge is 0.460 e. The molecule has 4 heteroatoms. The molecule has 2 heterocycles. The molecule has 0 unspecified atom stereocenters. The summed E-state index contributed by atoms with van der Waals surface area (Å²) in [5, 5.41) is 6.29. The molecule has 1 fully saturated rings. The van der Waals surface area contributed by atoms with E-state index < -0.39 is 0 Å². The van der Waals surface area contributed by atoms with Gasteiger partial charge in [0.2, 0.25) is 0 Å². The molecule has 2 rings (SSSR count). The molecule has 0 aromatic carbocycles. The van der Waals surface area contributed by atoms with Gasteiger partial charge >= 0.3 is 0 Å². The number of rotatable bonds is 2. The van der Waals surface area contributed by atoms with Crippen molar-refractivity contribution in [3.05, 3.63) is 23.7 Å². The zero-order valence-electron chi connectivity index (χ0n) is 8.27. The summed E-state index contributed by atoms with van der Waals surface area (Å²) in [5.41, 5.74) is 0. The van der Waals surface area contributed by atoms with Gasteiger partial charge in [-0.2, -0.15) is 5.10 Å². The lowest BCUT2D eigenvalue weighted by Crippen LogP contribution is -2.32. The highest BCUT2D eigenvalue weighted by molar-refractivity contribution is 5.75. The number of hydrogen-bond acceptors (Lipinski definition) is 4. The second-order valence-electron chi connectivity index (χ2n) is 3.26. The monoisotopic (exact) mass is 194 g/mol. The number of hydrogen-bond donors (Lipinski definition) is 0. The third-order valence-electron chi connectivity index (χ3n) is 2.10. The molecule has 1 aliphatic heterocycles. The standard InChI is InChI=1S/C10H14N2O2/c1-9-2-3-10(14-9)8-11-12-4-6-13-7-5-12/h2-3,8H,4-7H2,1H3. The molecule has 0 spiro atoms. The van der Waals surface area contributed by atoms with Crippen LogP contribution >= 0.6 is 0 Å². The lowest BCUT2D eigenvalue weighted by Gasteiger charge is -2.23. The summed E-state index contributed by atoms with van der Waals surface area (Å²) in [6.45, 7) is 5.15. The van der Waals surface area contributed by atoms with Crippen molar-refractivity contribution in [2.24, 2.45) is 5.10 Å². The summed E-state index contributed by atoms with van der Waals surface area (Å²) < 4.78 is 10.6. The van der Waals surface area contributed by atoms with Crippen molar-refractivity contribution in [3.63, 3.8) is 0 Å². The Morgan fingerprint density at radius 2 is 2.14 bits per heavy atom. The normalized spacial score (nSPS) is 17.9. The fourth-order valence-corrected chi connectivity index (χ4v) is 1.33. The van der Waals surface area contributed by atoms with E-state index >= 15 is 0 Å². The van der Waals surface area contributed by atoms with Crippen LogP contribution in [-0.2, 0) is 4.74 Å². The van der Waals surface area contributed by atoms with Gasteiger partial charge in [0.05, 0.1) is 32.5 Å². The molecule has 1 aromatic rings. The highest BCUT2D eigenvalue weighted by Gasteiger charge is 2.06. The highest BCUT2D eigenvalue weighted by atomic mass is 16.5. The third-order valence-corrected chi connectivity index (χ3v) is 2.10. The van der Waals surface area contributed by atoms with E-state index in [0.29, 0.717) is 0 Å². The van der Waals surface area contributed by atoms with E-state index in [1.165, 1.54) is 0 Å². The van der Waals surface area contributed by atoms with E-state index in [4.69, 9.17) is 9.15 Å². The van der Waals surface area contributed by atoms with Gasteiger partial charge < -0.3 is 9.15 Å². The predicted molar refractivity (Wildman–Crippen MR) is 53.4 cm³/mol. The first kappa shape index (κ1) is 9.27. The number of nitrogens with zero attached hydrogens (tertiary/aromatic N) is 2. The summed E-state index contributed by atoms with van der Waals surface area (Å²) >= 11 is 0. The molecule has 0 aliphatic carbocycles. The molecular formula is C10H14N2O2. The van der Waals surface area contributed by atoms with Crippen LogP contribution in [0.15, 0.2) is 21.7 Å². The first-order valence-corrected chi connectivity index (χ1v) is 4.78. The molecule has 14 heavy (non-hydrogen) atoms. The quantitative estimate of drug-likeness (QED) is 0.665. The predicted octanol–water partition coefficient (Wildman–Crippen LogP) is 1.25. The third kappa shape index (κ3) is 2.35. The minimum absolute atomic E-state index is 0.758. The van der Waals surface area contributed by atoms with Gasteiger partial charge in [0.25, 0.3) is 0 Å². The van der Waals surface area contributed by atoms with Crippen molar-refractivity contribution in [3.8, 4) is 0 Å². The fraction of sp³-hybridized carbons (Fsp3) is 0.500. The fourth-order valence-electron chi connectivity index (χ4n) is 1.33. The molecule has 1 saturated heterocycles. The Balaban J connectivity index is 1.92. The number of morpholine rings is 1. The van der Waals surface area contributed by atoms with E-state index in [0.717, 1.165) is 37.8 Å². The van der Waals surface area contributed by atoms with Crippen LogP contribution in [0.5, 0.6) is 0 Å². The van der Waals surface area contributed by atoms with Gasteiger partial charge in [0, 0.05) is 0 Å². The Hall–Kier alpha value is -1.29. The first-order valence-electron chi connectivity index (χ1n) is 4.78. The van der Waals surface area contributed by atoms with Crippen molar-refractivity contribution in [1.82, 2.24) is 5.01 Å². The molecule has 1 aliphatic rings. The Labute approximate surface area is 83.1 Å². The molecule has 0 atom stereocenters. The van der Waals surface area contributed by atoms with Gasteiger partial charge in [-0.1, -0.05) is 0 Å². The SMILES string of the molecule is Cc1ccc(C=NN2CCOCC2)o1. The Bertz CT molecular complexity index is 314. The summed E-state index contributed by atoms with van der Waals surface area (Å²) in [5.74, 6) is 1.71. The van der Waals surface area contributed by atoms with Gasteiger partial charge in [-0.05, 0) is 19.1 Å². The van der Waals surface area contributed by atoms with Crippen LogP contribution in [0.1, 0.15) is 11.5 Å². The molecule has 0 saturated carbocycles. The molecule has 0 amide bonds. The zero-order chi connectivity index (χ0) is 9.80. The summed E-state index contributed by atoms with van der Waals surface area (Å²) in [6, 6.07) is 3.85. The minimum Gasteiger partial charge on any atom is -0.460 e. The van der Waals surface area contributed by atoms with Gasteiger partial charge in [0.15, 0.2) is 0 Å². The first-order chi connectivity index (χ1) is 6.84. The van der Waals surface area contributed by atoms with E-state index in [2.05, 4.69) is 5.10 Å². The van der Waals surface area contributed by atoms with Crippen molar-refractivity contribution in [2.75, 3.05) is 26.3 Å². The smallest absolute Gasteiger partial charge is 0.147 e. The average molecular weight is 194 g/mol. The van der Waals surface area contributed by atoms with Crippen molar-refractivity contribution >= 4 is 6.21 Å². The Morgan fingerprint density at radius 3 is 2.79 bits per heavy atom. The lowest BCUT2D eigenvalue weighted by molar-refractivity contribution is 0.0396. The Kier molecular flexibility index (Phi) is 2.84. The molecule has 0 N–H and O–H groups in total. The van der Waals surface area contributed by atoms with Crippen molar-refractivity contribution in [2.45, 2.75) is 6.92 Å². The van der Waals surface area contributed by atoms with E-state index in [9.17, 15) is 0 Å². The zero-order valence-corrected chi connectivity index (χ0v) is 8.27. The van der Waals surface area contributed by atoms with Crippen LogP contribution in [0.4, 0.5) is 0 Å². The number of furan rings is 1. The van der Waals surface area contributed by atoms with Gasteiger partial charge in [-0.3, -0.25) is 5.01 Å². The molecule has 4 nitrogen and oxygen atoms in total. The van der Waals surface area contributed by atoms with E-state index in [1.54, 1.807) is 6.21 Å².